The van der Waals surface area contributed by atoms with Gasteiger partial charge < -0.3 is 10.1 Å². The van der Waals surface area contributed by atoms with Gasteiger partial charge >= 0.3 is 0 Å². The zero-order valence-corrected chi connectivity index (χ0v) is 9.84. The molecule has 0 fully saturated rings. The fourth-order valence-electron chi connectivity index (χ4n) is 1.52. The van der Waals surface area contributed by atoms with Crippen molar-refractivity contribution in [1.29, 1.82) is 0 Å². The molecule has 0 aliphatic heterocycles. The van der Waals surface area contributed by atoms with Crippen LogP contribution < -0.4 is 10.1 Å². The van der Waals surface area contributed by atoms with E-state index in [1.54, 1.807) is 0 Å². The molecular formula is C12H16F3NO. The molecule has 1 unspecified atom stereocenters. The Hall–Kier alpha value is -1.23. The average Bonchev–Trinajstić information content (AvgIpc) is 2.30. The third-order valence-electron chi connectivity index (χ3n) is 2.41. The normalized spacial score (nSPS) is 12.8. The Morgan fingerprint density at radius 3 is 2.53 bits per heavy atom. The first-order chi connectivity index (χ1) is 8.10. The fourth-order valence-corrected chi connectivity index (χ4v) is 1.52. The van der Waals surface area contributed by atoms with E-state index in [0.29, 0.717) is 18.7 Å². The quantitative estimate of drug-likeness (QED) is 0.833. The minimum atomic E-state index is -2.65. The Kier molecular flexibility index (Phi) is 5.28. The Morgan fingerprint density at radius 2 is 2.06 bits per heavy atom. The van der Waals surface area contributed by atoms with Crippen LogP contribution in [0.4, 0.5) is 13.2 Å². The molecule has 0 amide bonds. The largest absolute Gasteiger partial charge is 0.497 e. The van der Waals surface area contributed by atoms with E-state index in [0.717, 1.165) is 6.07 Å². The van der Waals surface area contributed by atoms with Gasteiger partial charge in [-0.3, -0.25) is 0 Å². The van der Waals surface area contributed by atoms with Crippen molar-refractivity contribution in [2.45, 2.75) is 25.8 Å². The third-order valence-corrected chi connectivity index (χ3v) is 2.41. The number of methoxy groups -OCH3 is 1. The van der Waals surface area contributed by atoms with Crippen LogP contribution in [0.25, 0.3) is 0 Å². The second-order valence-corrected chi connectivity index (χ2v) is 3.65. The molecule has 0 aliphatic rings. The highest BCUT2D eigenvalue weighted by atomic mass is 19.3. The van der Waals surface area contributed by atoms with E-state index < -0.39 is 18.3 Å². The zero-order chi connectivity index (χ0) is 12.8. The van der Waals surface area contributed by atoms with Crippen molar-refractivity contribution < 1.29 is 17.9 Å². The molecule has 0 radical (unpaired) electrons. The van der Waals surface area contributed by atoms with Crippen molar-refractivity contribution in [2.24, 2.45) is 0 Å². The summed E-state index contributed by atoms with van der Waals surface area (Å²) < 4.78 is 44.1. The van der Waals surface area contributed by atoms with E-state index in [9.17, 15) is 13.2 Å². The van der Waals surface area contributed by atoms with Crippen molar-refractivity contribution in [3.8, 4) is 5.75 Å². The van der Waals surface area contributed by atoms with Crippen LogP contribution in [0.15, 0.2) is 18.2 Å². The molecule has 0 saturated carbocycles. The molecule has 1 rings (SSSR count). The molecule has 0 spiro atoms. The maximum absolute atomic E-state index is 13.6. The molecular weight excluding hydrogens is 231 g/mol. The van der Waals surface area contributed by atoms with Crippen LogP contribution in [0.2, 0.25) is 0 Å². The van der Waals surface area contributed by atoms with Crippen molar-refractivity contribution in [3.63, 3.8) is 0 Å². The van der Waals surface area contributed by atoms with Crippen LogP contribution in [-0.2, 0) is 0 Å². The molecule has 1 N–H and O–H groups in total. The lowest BCUT2D eigenvalue weighted by Gasteiger charge is -2.18. The van der Waals surface area contributed by atoms with Crippen LogP contribution in [0.5, 0.6) is 5.75 Å². The van der Waals surface area contributed by atoms with E-state index in [-0.39, 0.29) is 5.56 Å². The number of rotatable bonds is 6. The molecule has 0 bridgehead atoms. The second kappa shape index (κ2) is 6.49. The van der Waals surface area contributed by atoms with Gasteiger partial charge in [0.15, 0.2) is 0 Å². The Balaban J connectivity index is 2.93. The van der Waals surface area contributed by atoms with Gasteiger partial charge in [0.2, 0.25) is 0 Å². The smallest absolute Gasteiger partial charge is 0.257 e. The van der Waals surface area contributed by atoms with Gasteiger partial charge in [0.1, 0.15) is 11.6 Å². The zero-order valence-electron chi connectivity index (χ0n) is 9.84. The second-order valence-electron chi connectivity index (χ2n) is 3.65. The number of halogens is 3. The summed E-state index contributed by atoms with van der Waals surface area (Å²) in [5, 5.41) is 2.63. The molecule has 17 heavy (non-hydrogen) atoms. The molecule has 5 heteroatoms. The summed E-state index contributed by atoms with van der Waals surface area (Å²) in [5.74, 6) is -0.368. The number of ether oxygens (including phenoxy) is 1. The lowest BCUT2D eigenvalue weighted by atomic mass is 10.1. The summed E-state index contributed by atoms with van der Waals surface area (Å²) in [5.41, 5.74) is -0.0331. The molecule has 96 valence electrons. The van der Waals surface area contributed by atoms with Crippen molar-refractivity contribution >= 4 is 0 Å². The monoisotopic (exact) mass is 247 g/mol. The van der Waals surface area contributed by atoms with Gasteiger partial charge in [-0.05, 0) is 19.0 Å². The highest BCUT2D eigenvalue weighted by molar-refractivity contribution is 5.31. The highest BCUT2D eigenvalue weighted by Gasteiger charge is 2.24. The van der Waals surface area contributed by atoms with Crippen LogP contribution in [0.1, 0.15) is 24.9 Å². The van der Waals surface area contributed by atoms with Gasteiger partial charge in [-0.15, -0.1) is 0 Å². The third kappa shape index (κ3) is 3.63. The van der Waals surface area contributed by atoms with Crippen molar-refractivity contribution in [2.75, 3.05) is 13.7 Å². The number of benzene rings is 1. The highest BCUT2D eigenvalue weighted by Crippen LogP contribution is 2.26. The first-order valence-electron chi connectivity index (χ1n) is 5.45. The molecule has 1 aromatic carbocycles. The number of hydrogen-bond donors (Lipinski definition) is 1. The number of alkyl halides is 2. The average molecular weight is 247 g/mol. The molecule has 1 atom stereocenters. The Bertz CT molecular complexity index is 358. The molecule has 0 aliphatic carbocycles. The lowest BCUT2D eigenvalue weighted by molar-refractivity contribution is 0.0967. The van der Waals surface area contributed by atoms with E-state index in [1.165, 1.54) is 19.2 Å². The van der Waals surface area contributed by atoms with E-state index >= 15 is 0 Å². The van der Waals surface area contributed by atoms with Gasteiger partial charge in [0, 0.05) is 11.6 Å². The summed E-state index contributed by atoms with van der Waals surface area (Å²) in [6.07, 6.45) is -1.94. The van der Waals surface area contributed by atoms with Gasteiger partial charge in [-0.25, -0.2) is 13.2 Å². The number of nitrogens with one attached hydrogen (secondary N) is 1. The first-order valence-corrected chi connectivity index (χ1v) is 5.45. The lowest BCUT2D eigenvalue weighted by Crippen LogP contribution is -2.28. The summed E-state index contributed by atoms with van der Waals surface area (Å²) in [6.45, 7) is 2.28. The van der Waals surface area contributed by atoms with Gasteiger partial charge in [-0.2, -0.15) is 0 Å². The fraction of sp³-hybridized carbons (Fsp3) is 0.500. The minimum Gasteiger partial charge on any atom is -0.497 e. The Morgan fingerprint density at radius 1 is 1.35 bits per heavy atom. The number of hydrogen-bond acceptors (Lipinski definition) is 2. The summed E-state index contributed by atoms with van der Waals surface area (Å²) in [4.78, 5) is 0. The first kappa shape index (κ1) is 13.8. The summed E-state index contributed by atoms with van der Waals surface area (Å²) in [6, 6.07) is 2.63. The SMILES string of the molecule is CCCNC(c1ccc(OC)cc1F)C(F)F. The van der Waals surface area contributed by atoms with Crippen LogP contribution >= 0.6 is 0 Å². The summed E-state index contributed by atoms with van der Waals surface area (Å²) in [7, 11) is 1.40. The maximum Gasteiger partial charge on any atom is 0.257 e. The molecule has 2 nitrogen and oxygen atoms in total. The van der Waals surface area contributed by atoms with Crippen molar-refractivity contribution in [1.82, 2.24) is 5.32 Å². The van der Waals surface area contributed by atoms with Gasteiger partial charge in [-0.1, -0.05) is 13.0 Å². The summed E-state index contributed by atoms with van der Waals surface area (Å²) >= 11 is 0. The van der Waals surface area contributed by atoms with E-state index in [2.05, 4.69) is 5.32 Å². The standard InChI is InChI=1S/C12H16F3NO/c1-3-6-16-11(12(14)15)9-5-4-8(17-2)7-10(9)13/h4-5,7,11-12,16H,3,6H2,1-2H3. The molecule has 0 saturated heterocycles. The maximum atomic E-state index is 13.6. The van der Waals surface area contributed by atoms with Gasteiger partial charge in [0.25, 0.3) is 6.43 Å². The Labute approximate surface area is 98.8 Å². The van der Waals surface area contributed by atoms with E-state index in [4.69, 9.17) is 4.74 Å². The van der Waals surface area contributed by atoms with Crippen LogP contribution in [-0.4, -0.2) is 20.1 Å². The van der Waals surface area contributed by atoms with Crippen LogP contribution in [0.3, 0.4) is 0 Å². The van der Waals surface area contributed by atoms with Crippen LogP contribution in [0, 0.1) is 5.82 Å². The van der Waals surface area contributed by atoms with Crippen molar-refractivity contribution in [3.05, 3.63) is 29.6 Å². The molecule has 0 aromatic heterocycles. The predicted molar refractivity (Wildman–Crippen MR) is 60.0 cm³/mol. The minimum absolute atomic E-state index is 0.0331. The van der Waals surface area contributed by atoms with Gasteiger partial charge in [0.05, 0.1) is 13.2 Å². The molecule has 1 aromatic rings. The van der Waals surface area contributed by atoms with E-state index in [1.807, 2.05) is 6.92 Å². The topological polar surface area (TPSA) is 21.3 Å². The molecule has 0 heterocycles. The predicted octanol–water partition coefficient (Wildman–Crippen LogP) is 3.14.